The Balaban J connectivity index is 2.10. The highest BCUT2D eigenvalue weighted by Crippen LogP contribution is 2.13. The number of hydrogen-bond acceptors (Lipinski definition) is 4. The second kappa shape index (κ2) is 6.08. The standard InChI is InChI=1S/C14H16N4O3/c1-8-4-9(2-3-11(8)15)13(19)18-12(14(20)21)5-10-6-16-7-17-10/h2-4,6-7,12H,5,15H2,1H3,(H,16,17)(H,18,19)(H,20,21). The van der Waals surface area contributed by atoms with Gasteiger partial charge in [0.1, 0.15) is 6.04 Å². The number of H-pyrrole nitrogens is 1. The van der Waals surface area contributed by atoms with E-state index in [2.05, 4.69) is 15.3 Å². The number of amides is 1. The van der Waals surface area contributed by atoms with E-state index in [9.17, 15) is 14.7 Å². The largest absolute Gasteiger partial charge is 0.480 e. The van der Waals surface area contributed by atoms with E-state index in [4.69, 9.17) is 5.73 Å². The Kier molecular flexibility index (Phi) is 4.22. The Morgan fingerprint density at radius 1 is 1.48 bits per heavy atom. The van der Waals surface area contributed by atoms with Gasteiger partial charge in [0.15, 0.2) is 0 Å². The van der Waals surface area contributed by atoms with Crippen molar-refractivity contribution in [3.05, 3.63) is 47.5 Å². The fraction of sp³-hybridized carbons (Fsp3) is 0.214. The lowest BCUT2D eigenvalue weighted by Gasteiger charge is -2.14. The summed E-state index contributed by atoms with van der Waals surface area (Å²) in [6.45, 7) is 1.78. The number of aromatic nitrogens is 2. The summed E-state index contributed by atoms with van der Waals surface area (Å²) in [7, 11) is 0. The zero-order chi connectivity index (χ0) is 15.4. The lowest BCUT2D eigenvalue weighted by Crippen LogP contribution is -2.42. The first-order valence-corrected chi connectivity index (χ1v) is 6.34. The highest BCUT2D eigenvalue weighted by molar-refractivity contribution is 5.97. The molecule has 2 aromatic rings. The number of nitrogens with one attached hydrogen (secondary N) is 2. The number of nitrogen functional groups attached to an aromatic ring is 1. The highest BCUT2D eigenvalue weighted by atomic mass is 16.4. The van der Waals surface area contributed by atoms with Crippen molar-refractivity contribution in [2.75, 3.05) is 5.73 Å². The van der Waals surface area contributed by atoms with Gasteiger partial charge in [-0.25, -0.2) is 9.78 Å². The molecule has 0 bridgehead atoms. The van der Waals surface area contributed by atoms with Gasteiger partial charge < -0.3 is 21.1 Å². The Bertz CT molecular complexity index is 652. The molecule has 0 radical (unpaired) electrons. The van der Waals surface area contributed by atoms with Crippen LogP contribution in [-0.4, -0.2) is 33.0 Å². The number of benzene rings is 1. The fourth-order valence-electron chi connectivity index (χ4n) is 1.87. The molecule has 1 heterocycles. The first-order valence-electron chi connectivity index (χ1n) is 6.34. The van der Waals surface area contributed by atoms with Crippen LogP contribution in [0.1, 0.15) is 21.6 Å². The maximum absolute atomic E-state index is 12.1. The van der Waals surface area contributed by atoms with Gasteiger partial charge in [0.05, 0.1) is 6.33 Å². The Hall–Kier alpha value is -2.83. The van der Waals surface area contributed by atoms with Crippen LogP contribution in [-0.2, 0) is 11.2 Å². The van der Waals surface area contributed by atoms with Crippen LogP contribution in [0.3, 0.4) is 0 Å². The molecule has 0 aliphatic heterocycles. The summed E-state index contributed by atoms with van der Waals surface area (Å²) in [6.07, 6.45) is 3.11. The van der Waals surface area contributed by atoms with Crippen LogP contribution in [0.2, 0.25) is 0 Å². The molecular weight excluding hydrogens is 272 g/mol. The Morgan fingerprint density at radius 3 is 2.81 bits per heavy atom. The van der Waals surface area contributed by atoms with Crippen molar-refractivity contribution in [2.45, 2.75) is 19.4 Å². The number of anilines is 1. The van der Waals surface area contributed by atoms with E-state index in [-0.39, 0.29) is 6.42 Å². The average molecular weight is 288 g/mol. The van der Waals surface area contributed by atoms with Gasteiger partial charge in [-0.2, -0.15) is 0 Å². The fourth-order valence-corrected chi connectivity index (χ4v) is 1.87. The van der Waals surface area contributed by atoms with Gasteiger partial charge in [-0.3, -0.25) is 4.79 Å². The first-order chi connectivity index (χ1) is 9.97. The van der Waals surface area contributed by atoms with Crippen molar-refractivity contribution < 1.29 is 14.7 Å². The number of aliphatic carboxylic acids is 1. The van der Waals surface area contributed by atoms with Crippen LogP contribution < -0.4 is 11.1 Å². The van der Waals surface area contributed by atoms with Crippen LogP contribution in [0.15, 0.2) is 30.7 Å². The van der Waals surface area contributed by atoms with Crippen molar-refractivity contribution in [1.82, 2.24) is 15.3 Å². The minimum absolute atomic E-state index is 0.134. The topological polar surface area (TPSA) is 121 Å². The van der Waals surface area contributed by atoms with Crippen LogP contribution in [0.4, 0.5) is 5.69 Å². The summed E-state index contributed by atoms with van der Waals surface area (Å²) in [4.78, 5) is 30.0. The highest BCUT2D eigenvalue weighted by Gasteiger charge is 2.21. The van der Waals surface area contributed by atoms with Crippen LogP contribution in [0, 0.1) is 6.92 Å². The number of rotatable bonds is 5. The number of imidazole rings is 1. The zero-order valence-electron chi connectivity index (χ0n) is 11.5. The molecular formula is C14H16N4O3. The molecule has 7 heteroatoms. The number of carboxylic acid groups (broad SMARTS) is 1. The third kappa shape index (κ3) is 3.59. The monoisotopic (exact) mass is 288 g/mol. The molecule has 1 unspecified atom stereocenters. The van der Waals surface area contributed by atoms with Gasteiger partial charge in [-0.1, -0.05) is 0 Å². The van der Waals surface area contributed by atoms with E-state index < -0.39 is 17.9 Å². The molecule has 1 aromatic carbocycles. The maximum atomic E-state index is 12.1. The lowest BCUT2D eigenvalue weighted by atomic mass is 10.1. The molecule has 7 nitrogen and oxygen atoms in total. The summed E-state index contributed by atoms with van der Waals surface area (Å²) in [5, 5.41) is 11.7. The zero-order valence-corrected chi connectivity index (χ0v) is 11.5. The Labute approximate surface area is 121 Å². The van der Waals surface area contributed by atoms with Crippen LogP contribution in [0.5, 0.6) is 0 Å². The number of carbonyl (C=O) groups excluding carboxylic acids is 1. The molecule has 0 aliphatic rings. The van der Waals surface area contributed by atoms with Crippen molar-refractivity contribution in [3.63, 3.8) is 0 Å². The molecule has 21 heavy (non-hydrogen) atoms. The molecule has 0 saturated carbocycles. The molecule has 0 aliphatic carbocycles. The predicted octanol–water partition coefficient (Wildman–Crippen LogP) is 0.726. The third-order valence-corrected chi connectivity index (χ3v) is 3.11. The number of hydrogen-bond donors (Lipinski definition) is 4. The van der Waals surface area contributed by atoms with Crippen molar-refractivity contribution in [3.8, 4) is 0 Å². The van der Waals surface area contributed by atoms with Gasteiger partial charge >= 0.3 is 5.97 Å². The quantitative estimate of drug-likeness (QED) is 0.604. The third-order valence-electron chi connectivity index (χ3n) is 3.11. The van der Waals surface area contributed by atoms with E-state index >= 15 is 0 Å². The van der Waals surface area contributed by atoms with Gasteiger partial charge in [0.25, 0.3) is 5.91 Å². The molecule has 5 N–H and O–H groups in total. The summed E-state index contributed by atoms with van der Waals surface area (Å²) in [5.41, 5.74) is 8.05. The molecule has 1 amide bonds. The molecule has 0 saturated heterocycles. The summed E-state index contributed by atoms with van der Waals surface area (Å²) in [6, 6.07) is 3.78. The van der Waals surface area contributed by atoms with Gasteiger partial charge in [0.2, 0.25) is 0 Å². The predicted molar refractivity (Wildman–Crippen MR) is 76.8 cm³/mol. The van der Waals surface area contributed by atoms with Gasteiger partial charge in [-0.15, -0.1) is 0 Å². The van der Waals surface area contributed by atoms with E-state index in [1.165, 1.54) is 12.5 Å². The first kappa shape index (κ1) is 14.6. The molecule has 110 valence electrons. The number of aryl methyl sites for hydroxylation is 1. The average Bonchev–Trinajstić information content (AvgIpc) is 2.93. The normalized spacial score (nSPS) is 11.9. The number of nitrogens with two attached hydrogens (primary N) is 1. The van der Waals surface area contributed by atoms with Crippen molar-refractivity contribution in [1.29, 1.82) is 0 Å². The number of carbonyl (C=O) groups is 2. The number of nitrogens with zero attached hydrogens (tertiary/aromatic N) is 1. The van der Waals surface area contributed by atoms with Crippen molar-refractivity contribution >= 4 is 17.6 Å². The second-order valence-corrected chi connectivity index (χ2v) is 4.72. The number of carboxylic acids is 1. The summed E-state index contributed by atoms with van der Waals surface area (Å²) < 4.78 is 0. The molecule has 1 aromatic heterocycles. The smallest absolute Gasteiger partial charge is 0.326 e. The van der Waals surface area contributed by atoms with E-state index in [0.29, 0.717) is 16.9 Å². The van der Waals surface area contributed by atoms with Crippen molar-refractivity contribution in [2.24, 2.45) is 0 Å². The molecule has 0 fully saturated rings. The number of aromatic amines is 1. The van der Waals surface area contributed by atoms with E-state index in [0.717, 1.165) is 5.56 Å². The van der Waals surface area contributed by atoms with E-state index in [1.807, 2.05) is 0 Å². The van der Waals surface area contributed by atoms with Gasteiger partial charge in [-0.05, 0) is 30.7 Å². The van der Waals surface area contributed by atoms with Gasteiger partial charge in [0, 0.05) is 29.6 Å². The van der Waals surface area contributed by atoms with E-state index in [1.54, 1.807) is 25.1 Å². The maximum Gasteiger partial charge on any atom is 0.326 e. The molecule has 2 rings (SSSR count). The Morgan fingerprint density at radius 2 is 2.24 bits per heavy atom. The molecule has 1 atom stereocenters. The van der Waals surface area contributed by atoms with Crippen LogP contribution in [0.25, 0.3) is 0 Å². The SMILES string of the molecule is Cc1cc(C(=O)NC(Cc2cnc[nH]2)C(=O)O)ccc1N. The second-order valence-electron chi connectivity index (χ2n) is 4.72. The minimum Gasteiger partial charge on any atom is -0.480 e. The summed E-state index contributed by atoms with van der Waals surface area (Å²) >= 11 is 0. The lowest BCUT2D eigenvalue weighted by molar-refractivity contribution is -0.139. The molecule has 0 spiro atoms. The summed E-state index contributed by atoms with van der Waals surface area (Å²) in [5.74, 6) is -1.56. The van der Waals surface area contributed by atoms with Crippen LogP contribution >= 0.6 is 0 Å². The minimum atomic E-state index is -1.11.